The van der Waals surface area contributed by atoms with Crippen molar-refractivity contribution in [1.29, 1.82) is 0 Å². The van der Waals surface area contributed by atoms with E-state index in [0.717, 1.165) is 18.5 Å². The number of halogens is 1. The van der Waals surface area contributed by atoms with Gasteiger partial charge in [-0.2, -0.15) is 0 Å². The lowest BCUT2D eigenvalue weighted by molar-refractivity contribution is 0.305. The molecule has 0 bridgehead atoms. The van der Waals surface area contributed by atoms with Crippen LogP contribution in [0.25, 0.3) is 0 Å². The molecule has 0 aromatic heterocycles. The first-order valence-electron chi connectivity index (χ1n) is 6.35. The summed E-state index contributed by atoms with van der Waals surface area (Å²) in [6, 6.07) is 4.99. The normalized spacial score (nSPS) is 12.5. The van der Waals surface area contributed by atoms with Crippen molar-refractivity contribution in [3.05, 3.63) is 29.6 Å². The predicted octanol–water partition coefficient (Wildman–Crippen LogP) is 3.10. The van der Waals surface area contributed by atoms with Gasteiger partial charge in [-0.25, -0.2) is 4.39 Å². The summed E-state index contributed by atoms with van der Waals surface area (Å²) in [5.41, 5.74) is 6.71. The molecule has 0 saturated heterocycles. The Balaban J connectivity index is 2.46. The Bertz CT molecular complexity index is 458. The maximum Gasteiger partial charge on any atom is 0.144 e. The van der Waals surface area contributed by atoms with E-state index in [1.807, 2.05) is 19.9 Å². The minimum absolute atomic E-state index is 0.206. The molecule has 5 heteroatoms. The maximum absolute atomic E-state index is 13.3. The van der Waals surface area contributed by atoms with E-state index in [0.29, 0.717) is 12.1 Å². The lowest BCUT2D eigenvalue weighted by atomic mass is 9.86. The van der Waals surface area contributed by atoms with Crippen molar-refractivity contribution in [1.82, 2.24) is 0 Å². The highest BCUT2D eigenvalue weighted by Gasteiger charge is 2.22. The number of amidine groups is 1. The number of hydrogen-bond donors (Lipinski definition) is 3. The van der Waals surface area contributed by atoms with Crippen molar-refractivity contribution in [2.24, 2.45) is 16.3 Å². The maximum atomic E-state index is 13.3. The van der Waals surface area contributed by atoms with E-state index in [9.17, 15) is 4.39 Å². The number of anilines is 1. The average molecular weight is 267 g/mol. The third-order valence-electron chi connectivity index (χ3n) is 3.36. The Labute approximate surface area is 113 Å². The first-order chi connectivity index (χ1) is 8.88. The van der Waals surface area contributed by atoms with Crippen LogP contribution < -0.4 is 11.1 Å². The summed E-state index contributed by atoms with van der Waals surface area (Å²) in [5, 5.41) is 14.9. The molecule has 0 amide bonds. The third kappa shape index (κ3) is 4.12. The Morgan fingerprint density at radius 1 is 1.47 bits per heavy atom. The van der Waals surface area contributed by atoms with Gasteiger partial charge >= 0.3 is 0 Å². The van der Waals surface area contributed by atoms with Gasteiger partial charge in [-0.05, 0) is 31.9 Å². The van der Waals surface area contributed by atoms with E-state index in [1.165, 1.54) is 6.07 Å². The van der Waals surface area contributed by atoms with E-state index < -0.39 is 0 Å². The third-order valence-corrected chi connectivity index (χ3v) is 3.36. The fourth-order valence-corrected chi connectivity index (χ4v) is 1.82. The molecular weight excluding hydrogens is 245 g/mol. The topological polar surface area (TPSA) is 70.6 Å². The number of nitrogens with two attached hydrogens (primary N) is 1. The number of nitrogens with one attached hydrogen (secondary N) is 1. The number of oxime groups is 1. The van der Waals surface area contributed by atoms with Gasteiger partial charge in [0.25, 0.3) is 0 Å². The second kappa shape index (κ2) is 6.41. The van der Waals surface area contributed by atoms with Crippen LogP contribution in [0.4, 0.5) is 10.1 Å². The monoisotopic (exact) mass is 267 g/mol. The highest BCUT2D eigenvalue weighted by atomic mass is 19.1. The fraction of sp³-hybridized carbons (Fsp3) is 0.500. The Morgan fingerprint density at radius 3 is 2.79 bits per heavy atom. The smallest absolute Gasteiger partial charge is 0.144 e. The van der Waals surface area contributed by atoms with Crippen molar-refractivity contribution in [2.75, 3.05) is 11.9 Å². The van der Waals surface area contributed by atoms with Crippen molar-refractivity contribution in [3.63, 3.8) is 0 Å². The standard InChI is InChI=1S/C14H22FN3O/c1-10-11(15)6-4-7-12(10)17-9-5-8-14(2,3)13(16)18-19/h4,6-7,17,19H,5,8-9H2,1-3H3,(H2,16,18). The van der Waals surface area contributed by atoms with Crippen molar-refractivity contribution in [2.45, 2.75) is 33.6 Å². The van der Waals surface area contributed by atoms with Crippen LogP contribution in [-0.2, 0) is 0 Å². The summed E-state index contributed by atoms with van der Waals surface area (Å²) < 4.78 is 13.3. The second-order valence-electron chi connectivity index (χ2n) is 5.31. The van der Waals surface area contributed by atoms with Gasteiger partial charge in [0.1, 0.15) is 11.7 Å². The van der Waals surface area contributed by atoms with Crippen LogP contribution in [0.3, 0.4) is 0 Å². The van der Waals surface area contributed by atoms with Gasteiger partial charge in [0.2, 0.25) is 0 Å². The number of rotatable bonds is 6. The predicted molar refractivity (Wildman–Crippen MR) is 76.1 cm³/mol. The molecule has 0 saturated carbocycles. The van der Waals surface area contributed by atoms with Gasteiger partial charge in [0, 0.05) is 23.2 Å². The molecule has 19 heavy (non-hydrogen) atoms. The number of hydrogen-bond acceptors (Lipinski definition) is 3. The van der Waals surface area contributed by atoms with E-state index >= 15 is 0 Å². The van der Waals surface area contributed by atoms with E-state index in [-0.39, 0.29) is 17.1 Å². The van der Waals surface area contributed by atoms with Gasteiger partial charge in [-0.3, -0.25) is 0 Å². The molecule has 1 aromatic rings. The molecule has 1 rings (SSSR count). The van der Waals surface area contributed by atoms with Crippen LogP contribution in [0, 0.1) is 18.2 Å². The molecule has 4 N–H and O–H groups in total. The molecule has 0 spiro atoms. The summed E-state index contributed by atoms with van der Waals surface area (Å²) in [4.78, 5) is 0. The number of benzene rings is 1. The Hall–Kier alpha value is -1.78. The molecular formula is C14H22FN3O. The summed E-state index contributed by atoms with van der Waals surface area (Å²) in [6.45, 7) is 6.31. The number of nitrogens with zero attached hydrogens (tertiary/aromatic N) is 1. The first kappa shape index (κ1) is 15.3. The zero-order valence-electron chi connectivity index (χ0n) is 11.7. The molecule has 0 radical (unpaired) electrons. The molecule has 0 fully saturated rings. The molecule has 0 aliphatic heterocycles. The SMILES string of the molecule is Cc1c(F)cccc1NCCCC(C)(C)C(N)=NO. The van der Waals surface area contributed by atoms with Gasteiger partial charge in [0.05, 0.1) is 0 Å². The minimum Gasteiger partial charge on any atom is -0.409 e. The van der Waals surface area contributed by atoms with Crippen LogP contribution in [0.5, 0.6) is 0 Å². The van der Waals surface area contributed by atoms with Crippen LogP contribution >= 0.6 is 0 Å². The van der Waals surface area contributed by atoms with E-state index in [1.54, 1.807) is 13.0 Å². The summed E-state index contributed by atoms with van der Waals surface area (Å²) in [6.07, 6.45) is 1.63. The molecule has 0 heterocycles. The molecule has 0 aliphatic carbocycles. The molecule has 0 aliphatic rings. The molecule has 0 atom stereocenters. The highest BCUT2D eigenvalue weighted by Crippen LogP contribution is 2.23. The minimum atomic E-state index is -0.340. The van der Waals surface area contributed by atoms with Crippen LogP contribution in [-0.4, -0.2) is 17.6 Å². The second-order valence-corrected chi connectivity index (χ2v) is 5.31. The quantitative estimate of drug-likeness (QED) is 0.244. The molecule has 0 unspecified atom stereocenters. The van der Waals surface area contributed by atoms with Gasteiger partial charge in [-0.1, -0.05) is 25.1 Å². The average Bonchev–Trinajstić information content (AvgIpc) is 2.38. The highest BCUT2D eigenvalue weighted by molar-refractivity contribution is 5.85. The van der Waals surface area contributed by atoms with Gasteiger partial charge in [0.15, 0.2) is 0 Å². The summed E-state index contributed by atoms with van der Waals surface area (Å²) in [5.74, 6) is 0.0245. The van der Waals surface area contributed by atoms with Gasteiger partial charge in [-0.15, -0.1) is 0 Å². The lowest BCUT2D eigenvalue weighted by Gasteiger charge is -2.22. The molecule has 4 nitrogen and oxygen atoms in total. The Morgan fingerprint density at radius 2 is 2.16 bits per heavy atom. The van der Waals surface area contributed by atoms with E-state index in [2.05, 4.69) is 10.5 Å². The first-order valence-corrected chi connectivity index (χ1v) is 6.35. The van der Waals surface area contributed by atoms with Crippen LogP contribution in [0.1, 0.15) is 32.3 Å². The van der Waals surface area contributed by atoms with E-state index in [4.69, 9.17) is 10.9 Å². The summed E-state index contributed by atoms with van der Waals surface area (Å²) >= 11 is 0. The zero-order valence-corrected chi connectivity index (χ0v) is 11.7. The largest absolute Gasteiger partial charge is 0.409 e. The van der Waals surface area contributed by atoms with Crippen LogP contribution in [0.2, 0.25) is 0 Å². The van der Waals surface area contributed by atoms with Crippen LogP contribution in [0.15, 0.2) is 23.4 Å². The summed E-state index contributed by atoms with van der Waals surface area (Å²) in [7, 11) is 0. The van der Waals surface area contributed by atoms with Gasteiger partial charge < -0.3 is 16.3 Å². The van der Waals surface area contributed by atoms with Crippen molar-refractivity contribution >= 4 is 11.5 Å². The lowest BCUT2D eigenvalue weighted by Crippen LogP contribution is -2.32. The molecule has 106 valence electrons. The Kier molecular flexibility index (Phi) is 5.15. The van der Waals surface area contributed by atoms with Crippen molar-refractivity contribution in [3.8, 4) is 0 Å². The fourth-order valence-electron chi connectivity index (χ4n) is 1.82. The molecule has 1 aromatic carbocycles. The zero-order chi connectivity index (χ0) is 14.5. The van der Waals surface area contributed by atoms with Crippen molar-refractivity contribution < 1.29 is 9.60 Å².